The molecule has 0 amide bonds. The Labute approximate surface area is 161 Å². The average Bonchev–Trinajstić information content (AvgIpc) is 3.03. The Kier molecular flexibility index (Phi) is 5.73. The fourth-order valence-electron chi connectivity index (χ4n) is 2.85. The highest BCUT2D eigenvalue weighted by Crippen LogP contribution is 2.33. The SMILES string of the molecule is CC(C)Cn1nc(-c2ccc(F)cc2OCC(=O)O)cc1-c1ccc(F)cc1. The van der Waals surface area contributed by atoms with Gasteiger partial charge in [0, 0.05) is 23.7 Å². The van der Waals surface area contributed by atoms with Gasteiger partial charge >= 0.3 is 5.97 Å². The molecular formula is C21H20F2N2O3. The van der Waals surface area contributed by atoms with Gasteiger partial charge in [0.1, 0.15) is 17.4 Å². The van der Waals surface area contributed by atoms with Gasteiger partial charge < -0.3 is 9.84 Å². The van der Waals surface area contributed by atoms with Crippen molar-refractivity contribution in [2.45, 2.75) is 20.4 Å². The molecule has 2 aromatic carbocycles. The van der Waals surface area contributed by atoms with Crippen LogP contribution in [-0.2, 0) is 11.3 Å². The molecule has 0 bridgehead atoms. The first kappa shape index (κ1) is 19.5. The van der Waals surface area contributed by atoms with E-state index in [-0.39, 0.29) is 11.6 Å². The van der Waals surface area contributed by atoms with Gasteiger partial charge in [-0.2, -0.15) is 5.10 Å². The molecule has 5 nitrogen and oxygen atoms in total. The lowest BCUT2D eigenvalue weighted by Gasteiger charge is -2.10. The van der Waals surface area contributed by atoms with Crippen molar-refractivity contribution in [2.24, 2.45) is 5.92 Å². The standard InChI is InChI=1S/C21H20F2N2O3/c1-13(2)11-25-19(14-3-5-15(22)6-4-14)10-18(24-25)17-8-7-16(23)9-20(17)28-12-21(26)27/h3-10,13H,11-12H2,1-2H3,(H,26,27). The van der Waals surface area contributed by atoms with Crippen molar-refractivity contribution in [2.75, 3.05) is 6.61 Å². The van der Waals surface area contributed by atoms with E-state index in [0.29, 0.717) is 23.7 Å². The first-order valence-corrected chi connectivity index (χ1v) is 8.82. The lowest BCUT2D eigenvalue weighted by Crippen LogP contribution is -2.10. The van der Waals surface area contributed by atoms with Gasteiger partial charge in [-0.25, -0.2) is 13.6 Å². The second-order valence-electron chi connectivity index (χ2n) is 6.82. The minimum Gasteiger partial charge on any atom is -0.481 e. The monoisotopic (exact) mass is 386 g/mol. The molecule has 3 aromatic rings. The topological polar surface area (TPSA) is 64.4 Å². The number of nitrogens with zero attached hydrogens (tertiary/aromatic N) is 2. The van der Waals surface area contributed by atoms with E-state index in [2.05, 4.69) is 18.9 Å². The third-order valence-electron chi connectivity index (χ3n) is 4.03. The van der Waals surface area contributed by atoms with Crippen LogP contribution in [0, 0.1) is 17.6 Å². The number of aliphatic carboxylic acids is 1. The van der Waals surface area contributed by atoms with Crippen LogP contribution in [-0.4, -0.2) is 27.5 Å². The number of aromatic nitrogens is 2. The van der Waals surface area contributed by atoms with Crippen molar-refractivity contribution < 1.29 is 23.4 Å². The van der Waals surface area contributed by atoms with Crippen LogP contribution < -0.4 is 4.74 Å². The second-order valence-corrected chi connectivity index (χ2v) is 6.82. The van der Waals surface area contributed by atoms with Gasteiger partial charge in [0.05, 0.1) is 11.4 Å². The minimum atomic E-state index is -1.16. The van der Waals surface area contributed by atoms with Crippen LogP contribution in [0.4, 0.5) is 8.78 Å². The lowest BCUT2D eigenvalue weighted by molar-refractivity contribution is -0.139. The van der Waals surface area contributed by atoms with Gasteiger partial charge in [0.15, 0.2) is 6.61 Å². The van der Waals surface area contributed by atoms with Gasteiger partial charge in [0.2, 0.25) is 0 Å². The molecule has 28 heavy (non-hydrogen) atoms. The average molecular weight is 386 g/mol. The van der Waals surface area contributed by atoms with Crippen LogP contribution in [0.25, 0.3) is 22.5 Å². The zero-order chi connectivity index (χ0) is 20.3. The van der Waals surface area contributed by atoms with Crippen LogP contribution in [0.1, 0.15) is 13.8 Å². The highest BCUT2D eigenvalue weighted by molar-refractivity contribution is 5.74. The molecule has 3 rings (SSSR count). The van der Waals surface area contributed by atoms with Crippen LogP contribution in [0.3, 0.4) is 0 Å². The summed E-state index contributed by atoms with van der Waals surface area (Å²) < 4.78 is 34.0. The summed E-state index contributed by atoms with van der Waals surface area (Å²) in [6.45, 7) is 4.14. The van der Waals surface area contributed by atoms with Crippen LogP contribution in [0.5, 0.6) is 5.75 Å². The fraction of sp³-hybridized carbons (Fsp3) is 0.238. The van der Waals surface area contributed by atoms with Gasteiger partial charge in [-0.3, -0.25) is 4.68 Å². The number of rotatable bonds is 7. The molecule has 0 fully saturated rings. The number of benzene rings is 2. The Bertz CT molecular complexity index is 982. The summed E-state index contributed by atoms with van der Waals surface area (Å²) in [5.41, 5.74) is 2.56. The van der Waals surface area contributed by atoms with Crippen molar-refractivity contribution in [1.82, 2.24) is 9.78 Å². The van der Waals surface area contributed by atoms with Crippen molar-refractivity contribution in [1.29, 1.82) is 0 Å². The third kappa shape index (κ3) is 4.54. The van der Waals surface area contributed by atoms with Gasteiger partial charge in [-0.05, 0) is 48.4 Å². The van der Waals surface area contributed by atoms with Crippen molar-refractivity contribution in [3.8, 4) is 28.3 Å². The van der Waals surface area contributed by atoms with Crippen LogP contribution in [0.2, 0.25) is 0 Å². The van der Waals surface area contributed by atoms with E-state index in [1.54, 1.807) is 22.9 Å². The van der Waals surface area contributed by atoms with E-state index in [1.165, 1.54) is 24.3 Å². The number of carboxylic acids is 1. The quantitative estimate of drug-likeness (QED) is 0.644. The molecule has 0 aliphatic heterocycles. The maximum Gasteiger partial charge on any atom is 0.341 e. The highest BCUT2D eigenvalue weighted by Gasteiger charge is 2.17. The summed E-state index contributed by atoms with van der Waals surface area (Å²) in [5.74, 6) is -1.62. The molecular weight excluding hydrogens is 366 g/mol. The van der Waals surface area contributed by atoms with Crippen LogP contribution >= 0.6 is 0 Å². The zero-order valence-corrected chi connectivity index (χ0v) is 15.5. The number of hydrogen-bond acceptors (Lipinski definition) is 3. The Hall–Kier alpha value is -3.22. The van der Waals surface area contributed by atoms with Crippen molar-refractivity contribution >= 4 is 5.97 Å². The molecule has 0 aliphatic rings. The minimum absolute atomic E-state index is 0.0993. The van der Waals surface area contributed by atoms with E-state index in [9.17, 15) is 13.6 Å². The first-order chi connectivity index (χ1) is 13.3. The summed E-state index contributed by atoms with van der Waals surface area (Å²) in [6.07, 6.45) is 0. The van der Waals surface area contributed by atoms with E-state index in [4.69, 9.17) is 9.84 Å². The zero-order valence-electron chi connectivity index (χ0n) is 15.5. The molecule has 1 heterocycles. The summed E-state index contributed by atoms with van der Waals surface area (Å²) in [4.78, 5) is 10.8. The van der Waals surface area contributed by atoms with Gasteiger partial charge in [-0.15, -0.1) is 0 Å². The Morgan fingerprint density at radius 3 is 2.43 bits per heavy atom. The van der Waals surface area contributed by atoms with Crippen molar-refractivity contribution in [3.63, 3.8) is 0 Å². The fourth-order valence-corrected chi connectivity index (χ4v) is 2.85. The second kappa shape index (κ2) is 8.21. The molecule has 0 unspecified atom stereocenters. The maximum absolute atomic E-state index is 13.7. The molecule has 0 saturated carbocycles. The van der Waals surface area contributed by atoms with E-state index >= 15 is 0 Å². The predicted octanol–water partition coefficient (Wildman–Crippen LogP) is 4.61. The van der Waals surface area contributed by atoms with Crippen LogP contribution in [0.15, 0.2) is 48.5 Å². The Balaban J connectivity index is 2.07. The number of carboxylic acid groups (broad SMARTS) is 1. The number of hydrogen-bond donors (Lipinski definition) is 1. The summed E-state index contributed by atoms with van der Waals surface area (Å²) in [7, 11) is 0. The Morgan fingerprint density at radius 1 is 1.11 bits per heavy atom. The van der Waals surface area contributed by atoms with E-state index < -0.39 is 18.4 Å². The molecule has 1 N–H and O–H groups in total. The number of carbonyl (C=O) groups is 1. The molecule has 0 atom stereocenters. The van der Waals surface area contributed by atoms with Gasteiger partial charge in [-0.1, -0.05) is 13.8 Å². The number of halogens is 2. The molecule has 1 aromatic heterocycles. The molecule has 0 spiro atoms. The lowest BCUT2D eigenvalue weighted by atomic mass is 10.1. The van der Waals surface area contributed by atoms with E-state index in [0.717, 1.165) is 17.3 Å². The normalized spacial score (nSPS) is 11.0. The summed E-state index contributed by atoms with van der Waals surface area (Å²) in [6, 6.07) is 11.8. The highest BCUT2D eigenvalue weighted by atomic mass is 19.1. The van der Waals surface area contributed by atoms with Gasteiger partial charge in [0.25, 0.3) is 0 Å². The molecule has 0 radical (unpaired) electrons. The van der Waals surface area contributed by atoms with E-state index in [1.807, 2.05) is 0 Å². The molecule has 7 heteroatoms. The molecule has 0 saturated heterocycles. The summed E-state index contributed by atoms with van der Waals surface area (Å²) >= 11 is 0. The first-order valence-electron chi connectivity index (χ1n) is 8.82. The Morgan fingerprint density at radius 2 is 1.79 bits per heavy atom. The molecule has 0 aliphatic carbocycles. The maximum atomic E-state index is 13.7. The van der Waals surface area contributed by atoms with Crippen molar-refractivity contribution in [3.05, 3.63) is 60.2 Å². The summed E-state index contributed by atoms with van der Waals surface area (Å²) in [5, 5.41) is 13.5. The predicted molar refractivity (Wildman–Crippen MR) is 101 cm³/mol. The molecule has 146 valence electrons. The smallest absolute Gasteiger partial charge is 0.341 e. The third-order valence-corrected chi connectivity index (χ3v) is 4.03. The number of ether oxygens (including phenoxy) is 1. The largest absolute Gasteiger partial charge is 0.481 e.